The highest BCUT2D eigenvalue weighted by Gasteiger charge is 2.18. The van der Waals surface area contributed by atoms with E-state index in [4.69, 9.17) is 0 Å². The van der Waals surface area contributed by atoms with Gasteiger partial charge in [0.1, 0.15) is 0 Å². The first-order valence-electron chi connectivity index (χ1n) is 9.73. The van der Waals surface area contributed by atoms with Crippen molar-refractivity contribution in [3.8, 4) is 0 Å². The Bertz CT molecular complexity index is 1170. The number of hydrogen-bond acceptors (Lipinski definition) is 3. The smallest absolute Gasteiger partial charge is 0.261 e. The summed E-state index contributed by atoms with van der Waals surface area (Å²) >= 11 is 0. The van der Waals surface area contributed by atoms with Crippen molar-refractivity contribution in [1.82, 2.24) is 5.32 Å². The molecule has 3 aromatic carbocycles. The summed E-state index contributed by atoms with van der Waals surface area (Å²) in [7, 11) is -3.81. The molecule has 1 unspecified atom stereocenters. The minimum atomic E-state index is -3.81. The molecule has 0 saturated heterocycles. The number of benzene rings is 3. The van der Waals surface area contributed by atoms with Crippen LogP contribution in [-0.2, 0) is 10.0 Å². The zero-order valence-electron chi connectivity index (χ0n) is 17.6. The topological polar surface area (TPSA) is 75.3 Å². The van der Waals surface area contributed by atoms with Gasteiger partial charge in [0.2, 0.25) is 0 Å². The summed E-state index contributed by atoms with van der Waals surface area (Å²) in [6.07, 6.45) is 0. The molecule has 156 valence electrons. The molecule has 0 aromatic heterocycles. The number of rotatable bonds is 6. The molecular formula is C24H26N2O3S. The normalized spacial score (nSPS) is 12.3. The second kappa shape index (κ2) is 8.71. The summed E-state index contributed by atoms with van der Waals surface area (Å²) in [6, 6.07) is 19.0. The van der Waals surface area contributed by atoms with Crippen LogP contribution in [0.2, 0.25) is 0 Å². The standard InChI is InChI=1S/C24H26N2O3S/c1-16-9-12-21(13-10-16)26-30(28,29)22-7-5-6-20(15-22)24(27)25-19(4)23-14-17(2)8-11-18(23)3/h5-15,19,26H,1-4H3,(H,25,27). The summed E-state index contributed by atoms with van der Waals surface area (Å²) in [4.78, 5) is 12.8. The SMILES string of the molecule is Cc1ccc(NS(=O)(=O)c2cccc(C(=O)NC(C)c3cc(C)ccc3C)c2)cc1. The Kier molecular flexibility index (Phi) is 6.27. The zero-order chi connectivity index (χ0) is 21.9. The largest absolute Gasteiger partial charge is 0.346 e. The van der Waals surface area contributed by atoms with Gasteiger partial charge in [-0.3, -0.25) is 9.52 Å². The lowest BCUT2D eigenvalue weighted by Gasteiger charge is -2.18. The number of amides is 1. The van der Waals surface area contributed by atoms with Gasteiger partial charge in [0.15, 0.2) is 0 Å². The summed E-state index contributed by atoms with van der Waals surface area (Å²) in [5.74, 6) is -0.323. The van der Waals surface area contributed by atoms with Gasteiger partial charge in [0.25, 0.3) is 15.9 Å². The molecule has 1 atom stereocenters. The number of aryl methyl sites for hydroxylation is 3. The third-order valence-corrected chi connectivity index (χ3v) is 6.34. The van der Waals surface area contributed by atoms with E-state index in [0.29, 0.717) is 11.3 Å². The van der Waals surface area contributed by atoms with Gasteiger partial charge >= 0.3 is 0 Å². The average Bonchev–Trinajstić information content (AvgIpc) is 2.71. The van der Waals surface area contributed by atoms with Gasteiger partial charge in [-0.25, -0.2) is 8.42 Å². The van der Waals surface area contributed by atoms with E-state index in [1.165, 1.54) is 12.1 Å². The van der Waals surface area contributed by atoms with Crippen molar-refractivity contribution in [2.45, 2.75) is 38.6 Å². The van der Waals surface area contributed by atoms with E-state index in [2.05, 4.69) is 10.0 Å². The molecule has 3 rings (SSSR count). The molecule has 0 saturated carbocycles. The Morgan fingerprint density at radius 1 is 0.867 bits per heavy atom. The molecular weight excluding hydrogens is 396 g/mol. The van der Waals surface area contributed by atoms with Crippen molar-refractivity contribution in [2.75, 3.05) is 4.72 Å². The Morgan fingerprint density at radius 3 is 2.23 bits per heavy atom. The number of carbonyl (C=O) groups is 1. The van der Waals surface area contributed by atoms with E-state index in [-0.39, 0.29) is 16.8 Å². The first-order chi connectivity index (χ1) is 14.2. The number of carbonyl (C=O) groups excluding carboxylic acids is 1. The molecule has 2 N–H and O–H groups in total. The first-order valence-corrected chi connectivity index (χ1v) is 11.2. The predicted octanol–water partition coefficient (Wildman–Crippen LogP) is 4.90. The average molecular weight is 423 g/mol. The summed E-state index contributed by atoms with van der Waals surface area (Å²) in [5.41, 5.74) is 5.04. The Hall–Kier alpha value is -3.12. The van der Waals surface area contributed by atoms with Crippen LogP contribution >= 0.6 is 0 Å². The van der Waals surface area contributed by atoms with E-state index >= 15 is 0 Å². The second-order valence-corrected chi connectivity index (χ2v) is 9.24. The van der Waals surface area contributed by atoms with E-state index in [1.807, 2.05) is 58.0 Å². The van der Waals surface area contributed by atoms with Gasteiger partial charge in [0.05, 0.1) is 10.9 Å². The number of anilines is 1. The molecule has 0 aliphatic rings. The quantitative estimate of drug-likeness (QED) is 0.593. The van der Waals surface area contributed by atoms with Crippen LogP contribution in [-0.4, -0.2) is 14.3 Å². The second-order valence-electron chi connectivity index (χ2n) is 7.55. The maximum atomic E-state index is 12.8. The summed E-state index contributed by atoms with van der Waals surface area (Å²) in [6.45, 7) is 7.85. The van der Waals surface area contributed by atoms with Crippen molar-refractivity contribution < 1.29 is 13.2 Å². The highest BCUT2D eigenvalue weighted by atomic mass is 32.2. The lowest BCUT2D eigenvalue weighted by molar-refractivity contribution is 0.0939. The fourth-order valence-electron chi connectivity index (χ4n) is 3.22. The lowest BCUT2D eigenvalue weighted by atomic mass is 10.00. The van der Waals surface area contributed by atoms with Gasteiger partial charge in [-0.1, -0.05) is 47.5 Å². The maximum Gasteiger partial charge on any atom is 0.261 e. The molecule has 0 bridgehead atoms. The van der Waals surface area contributed by atoms with Crippen LogP contribution in [0.15, 0.2) is 71.6 Å². The fraction of sp³-hybridized carbons (Fsp3) is 0.208. The molecule has 5 nitrogen and oxygen atoms in total. The maximum absolute atomic E-state index is 12.8. The highest BCUT2D eigenvalue weighted by molar-refractivity contribution is 7.92. The molecule has 0 aliphatic heterocycles. The van der Waals surface area contributed by atoms with E-state index in [1.54, 1.807) is 24.3 Å². The van der Waals surface area contributed by atoms with Crippen LogP contribution in [0.4, 0.5) is 5.69 Å². The van der Waals surface area contributed by atoms with Crippen molar-refractivity contribution in [3.63, 3.8) is 0 Å². The molecule has 0 radical (unpaired) electrons. The molecule has 30 heavy (non-hydrogen) atoms. The number of sulfonamides is 1. The highest BCUT2D eigenvalue weighted by Crippen LogP contribution is 2.21. The third kappa shape index (κ3) is 5.07. The van der Waals surface area contributed by atoms with Crippen molar-refractivity contribution in [1.29, 1.82) is 0 Å². The molecule has 3 aromatic rings. The fourth-order valence-corrected chi connectivity index (χ4v) is 4.33. The van der Waals surface area contributed by atoms with Gasteiger partial charge in [-0.15, -0.1) is 0 Å². The van der Waals surface area contributed by atoms with Crippen LogP contribution in [0.3, 0.4) is 0 Å². The van der Waals surface area contributed by atoms with E-state index < -0.39 is 10.0 Å². The predicted molar refractivity (Wildman–Crippen MR) is 120 cm³/mol. The molecule has 0 fully saturated rings. The molecule has 0 spiro atoms. The molecule has 0 heterocycles. The minimum Gasteiger partial charge on any atom is -0.346 e. The van der Waals surface area contributed by atoms with Gasteiger partial charge in [-0.05, 0) is 69.2 Å². The van der Waals surface area contributed by atoms with Crippen LogP contribution in [0.25, 0.3) is 0 Å². The third-order valence-electron chi connectivity index (χ3n) is 4.96. The Balaban J connectivity index is 1.79. The Labute approximate surface area is 178 Å². The van der Waals surface area contributed by atoms with Crippen LogP contribution in [0.1, 0.15) is 45.6 Å². The first kappa shape index (κ1) is 21.6. The van der Waals surface area contributed by atoms with Crippen LogP contribution in [0, 0.1) is 20.8 Å². The van der Waals surface area contributed by atoms with Gasteiger partial charge < -0.3 is 5.32 Å². The van der Waals surface area contributed by atoms with Gasteiger partial charge in [0, 0.05) is 11.3 Å². The number of hydrogen-bond donors (Lipinski definition) is 2. The summed E-state index contributed by atoms with van der Waals surface area (Å²) in [5, 5.41) is 2.96. The van der Waals surface area contributed by atoms with Crippen LogP contribution < -0.4 is 10.0 Å². The van der Waals surface area contributed by atoms with Crippen LogP contribution in [0.5, 0.6) is 0 Å². The van der Waals surface area contributed by atoms with Crippen molar-refractivity contribution >= 4 is 21.6 Å². The van der Waals surface area contributed by atoms with Crippen molar-refractivity contribution in [2.24, 2.45) is 0 Å². The minimum absolute atomic E-state index is 0.0371. The van der Waals surface area contributed by atoms with E-state index in [0.717, 1.165) is 22.3 Å². The molecule has 1 amide bonds. The zero-order valence-corrected chi connectivity index (χ0v) is 18.4. The summed E-state index contributed by atoms with van der Waals surface area (Å²) < 4.78 is 28.0. The molecule has 6 heteroatoms. The monoisotopic (exact) mass is 422 g/mol. The lowest BCUT2D eigenvalue weighted by Crippen LogP contribution is -2.27. The Morgan fingerprint density at radius 2 is 1.53 bits per heavy atom. The molecule has 0 aliphatic carbocycles. The van der Waals surface area contributed by atoms with Crippen molar-refractivity contribution in [3.05, 3.63) is 94.5 Å². The van der Waals surface area contributed by atoms with Gasteiger partial charge in [-0.2, -0.15) is 0 Å². The number of nitrogens with one attached hydrogen (secondary N) is 2. The van der Waals surface area contributed by atoms with E-state index in [9.17, 15) is 13.2 Å².